The minimum atomic E-state index is -0.535. The third-order valence-corrected chi connectivity index (χ3v) is 12.3. The van der Waals surface area contributed by atoms with Crippen LogP contribution in [0.25, 0.3) is 22.1 Å². The smallest absolute Gasteiger partial charge is 0.410 e. The lowest BCUT2D eigenvalue weighted by Gasteiger charge is -2.24. The van der Waals surface area contributed by atoms with Crippen LogP contribution in [-0.4, -0.2) is 98.6 Å². The maximum atomic E-state index is 12.6. The van der Waals surface area contributed by atoms with Gasteiger partial charge < -0.3 is 44.5 Å². The molecule has 16 heteroatoms. The number of hydrogen-bond acceptors (Lipinski definition) is 13. The molecule has 0 spiro atoms. The number of aromatic nitrogens is 6. The molecule has 3 N–H and O–H groups in total. The number of amides is 1. The van der Waals surface area contributed by atoms with Gasteiger partial charge >= 0.3 is 6.09 Å². The number of nitrogens with one attached hydrogen (secondary N) is 3. The molecule has 0 aliphatic carbocycles. The second kappa shape index (κ2) is 21.4. The topological polar surface area (TPSA) is 164 Å². The Morgan fingerprint density at radius 2 is 1.10 bits per heavy atom. The number of methoxy groups -OCH3 is 2. The maximum absolute atomic E-state index is 12.6. The highest BCUT2D eigenvalue weighted by atomic mass is 16.6. The lowest BCUT2D eigenvalue weighted by Crippen LogP contribution is -2.36. The zero-order chi connectivity index (χ0) is 49.5. The van der Waals surface area contributed by atoms with E-state index in [-0.39, 0.29) is 12.1 Å². The number of fused-ring (bicyclic) bond motifs is 2. The zero-order valence-corrected chi connectivity index (χ0v) is 41.4. The van der Waals surface area contributed by atoms with Crippen molar-refractivity contribution >= 4 is 39.8 Å². The largest absolute Gasteiger partial charge is 0.497 e. The van der Waals surface area contributed by atoms with Gasteiger partial charge in [-0.25, -0.2) is 24.1 Å². The molecule has 2 aliphatic rings. The molecule has 6 heterocycles. The Bertz CT molecular complexity index is 3050. The Labute approximate surface area is 414 Å². The summed E-state index contributed by atoms with van der Waals surface area (Å²) >= 11 is 0. The van der Waals surface area contributed by atoms with Gasteiger partial charge in [0.15, 0.2) is 22.9 Å². The highest BCUT2D eigenvalue weighted by molar-refractivity contribution is 5.94. The van der Waals surface area contributed by atoms with Crippen LogP contribution in [0.15, 0.2) is 122 Å². The molecule has 16 nitrogen and oxygen atoms in total. The summed E-state index contributed by atoms with van der Waals surface area (Å²) in [4.78, 5) is 23.7. The average molecular weight is 959 g/mol. The molecular formula is C55H62N10O6. The van der Waals surface area contributed by atoms with Crippen LogP contribution in [0.1, 0.15) is 55.9 Å². The predicted octanol–water partition coefficient (Wildman–Crippen LogP) is 10.4. The van der Waals surface area contributed by atoms with Crippen LogP contribution >= 0.6 is 0 Å². The summed E-state index contributed by atoms with van der Waals surface area (Å²) in [6.07, 6.45) is 5.05. The minimum absolute atomic E-state index is 0.0116. The number of carbonyl (C=O) groups is 1. The third-order valence-electron chi connectivity index (χ3n) is 12.3. The number of aryl methyl sites for hydroxylation is 2. The second-order valence-electron chi connectivity index (χ2n) is 18.9. The van der Waals surface area contributed by atoms with Gasteiger partial charge in [0.2, 0.25) is 0 Å². The van der Waals surface area contributed by atoms with Gasteiger partial charge in [-0.1, -0.05) is 59.7 Å². The van der Waals surface area contributed by atoms with Crippen LogP contribution < -0.4 is 34.9 Å². The van der Waals surface area contributed by atoms with Gasteiger partial charge in [-0.3, -0.25) is 0 Å². The fourth-order valence-corrected chi connectivity index (χ4v) is 8.54. The molecule has 71 heavy (non-hydrogen) atoms. The van der Waals surface area contributed by atoms with Crippen LogP contribution in [-0.2, 0) is 17.8 Å². The van der Waals surface area contributed by atoms with Crippen LogP contribution in [0.5, 0.6) is 34.5 Å². The lowest BCUT2D eigenvalue weighted by atomic mass is 10.2. The first-order valence-electron chi connectivity index (χ1n) is 24.1. The van der Waals surface area contributed by atoms with Gasteiger partial charge in [0, 0.05) is 56.2 Å². The monoisotopic (exact) mass is 958 g/mol. The van der Waals surface area contributed by atoms with Crippen molar-refractivity contribution in [3.05, 3.63) is 144 Å². The van der Waals surface area contributed by atoms with E-state index in [0.717, 1.165) is 93.6 Å². The van der Waals surface area contributed by atoms with Crippen molar-refractivity contribution in [2.45, 2.75) is 78.2 Å². The molecule has 1 amide bonds. The van der Waals surface area contributed by atoms with Crippen molar-refractivity contribution in [2.24, 2.45) is 0 Å². The molecule has 0 saturated carbocycles. The van der Waals surface area contributed by atoms with E-state index in [1.807, 2.05) is 146 Å². The number of hydrogen-bond donors (Lipinski definition) is 3. The Hall–Kier alpha value is -7.85. The molecule has 0 bridgehead atoms. The van der Waals surface area contributed by atoms with E-state index < -0.39 is 5.60 Å². The molecule has 8 aromatic rings. The number of nitrogens with zero attached hydrogens (tertiary/aromatic N) is 7. The van der Waals surface area contributed by atoms with E-state index in [0.29, 0.717) is 49.4 Å². The molecule has 10 rings (SSSR count). The summed E-state index contributed by atoms with van der Waals surface area (Å²) in [6.45, 7) is 13.9. The first-order valence-corrected chi connectivity index (χ1v) is 24.1. The molecular weight excluding hydrogens is 897 g/mol. The quantitative estimate of drug-likeness (QED) is 0.0944. The van der Waals surface area contributed by atoms with E-state index in [2.05, 4.69) is 32.8 Å². The van der Waals surface area contributed by atoms with E-state index in [1.165, 1.54) is 5.56 Å². The molecule has 4 aromatic carbocycles. The number of benzene rings is 4. The van der Waals surface area contributed by atoms with Crippen molar-refractivity contribution in [3.63, 3.8) is 0 Å². The van der Waals surface area contributed by atoms with Gasteiger partial charge in [0.05, 0.1) is 27.3 Å². The summed E-state index contributed by atoms with van der Waals surface area (Å²) in [5.74, 6) is 6.04. The SMILES string of the molecule is COc1ccc(Cn2nc(N[C@@H]3CCN(C(=O)OC(C)(C)C)C3)c3c(Oc4ccc(C)cc4)ccnc32)cc1.COc1ccc(Cn2nc(N[C@@H]3CCNC3)c3c(Oc4ccc(C)cc4)ccnc32)cc1. The van der Waals surface area contributed by atoms with Gasteiger partial charge in [0.25, 0.3) is 0 Å². The number of carbonyl (C=O) groups excluding carboxylic acids is 1. The van der Waals surface area contributed by atoms with Crippen LogP contribution in [0.4, 0.5) is 16.4 Å². The fraction of sp³-hybridized carbons (Fsp3) is 0.327. The second-order valence-corrected chi connectivity index (χ2v) is 18.9. The maximum Gasteiger partial charge on any atom is 0.410 e. The van der Waals surface area contributed by atoms with Crippen molar-refractivity contribution in [1.29, 1.82) is 0 Å². The van der Waals surface area contributed by atoms with Crippen molar-refractivity contribution in [1.82, 2.24) is 39.7 Å². The van der Waals surface area contributed by atoms with Crippen LogP contribution in [0.3, 0.4) is 0 Å². The zero-order valence-electron chi connectivity index (χ0n) is 41.4. The lowest BCUT2D eigenvalue weighted by molar-refractivity contribution is 0.0293. The molecule has 368 valence electrons. The molecule has 2 saturated heterocycles. The Kier molecular flexibility index (Phi) is 14.5. The molecule has 0 radical (unpaired) electrons. The number of ether oxygens (including phenoxy) is 5. The van der Waals surface area contributed by atoms with E-state index in [1.54, 1.807) is 31.5 Å². The summed E-state index contributed by atoms with van der Waals surface area (Å²) in [5.41, 5.74) is 5.51. The minimum Gasteiger partial charge on any atom is -0.497 e. The molecule has 2 aliphatic heterocycles. The number of pyridine rings is 2. The molecule has 4 aromatic heterocycles. The van der Waals surface area contributed by atoms with E-state index >= 15 is 0 Å². The van der Waals surface area contributed by atoms with E-state index in [4.69, 9.17) is 33.9 Å². The summed E-state index contributed by atoms with van der Waals surface area (Å²) < 4.78 is 32.6. The molecule has 2 fully saturated rings. The fourth-order valence-electron chi connectivity index (χ4n) is 8.54. The summed E-state index contributed by atoms with van der Waals surface area (Å²) in [7, 11) is 3.33. The predicted molar refractivity (Wildman–Crippen MR) is 276 cm³/mol. The summed E-state index contributed by atoms with van der Waals surface area (Å²) in [5, 5.41) is 22.1. The van der Waals surface area contributed by atoms with Crippen molar-refractivity contribution in [2.75, 3.05) is 51.0 Å². The van der Waals surface area contributed by atoms with Gasteiger partial charge in [0.1, 0.15) is 50.9 Å². The Morgan fingerprint density at radius 3 is 1.54 bits per heavy atom. The normalized spacial score (nSPS) is 15.6. The number of rotatable bonds is 14. The van der Waals surface area contributed by atoms with Crippen LogP contribution in [0.2, 0.25) is 0 Å². The number of likely N-dealkylation sites (tertiary alicyclic amines) is 1. The van der Waals surface area contributed by atoms with Gasteiger partial charge in [-0.2, -0.15) is 10.2 Å². The highest BCUT2D eigenvalue weighted by Crippen LogP contribution is 2.37. The molecule has 2 atom stereocenters. The standard InChI is InChI=1S/C30H35N5O4.C25H27N5O2/c1-20-6-10-24(11-7-20)38-25-14-16-31-28-26(25)27(33-35(28)18-21-8-12-23(37-5)13-9-21)32-22-15-17-34(19-22)29(36)39-30(2,3)4;1-17-3-7-21(8-4-17)32-22-12-14-27-25-23(22)24(28-19-11-13-26-15-19)29-30(25)16-18-5-9-20(31-2)10-6-18/h6-14,16,22H,15,17-19H2,1-5H3,(H,32,33);3-10,12,14,19,26H,11,13,15-16H2,1-2H3,(H,28,29)/t22-;19-/m11/s1. The Morgan fingerprint density at radius 1 is 0.634 bits per heavy atom. The van der Waals surface area contributed by atoms with Gasteiger partial charge in [-0.05, 0) is 114 Å². The van der Waals surface area contributed by atoms with Gasteiger partial charge in [-0.15, -0.1) is 0 Å². The number of anilines is 2. The van der Waals surface area contributed by atoms with Crippen LogP contribution in [0, 0.1) is 13.8 Å². The van der Waals surface area contributed by atoms with Crippen molar-refractivity contribution < 1.29 is 28.5 Å². The first-order chi connectivity index (χ1) is 34.4. The Balaban J connectivity index is 0.000000179. The third kappa shape index (κ3) is 12.0. The van der Waals surface area contributed by atoms with E-state index in [9.17, 15) is 4.79 Å². The molecule has 0 unspecified atom stereocenters. The highest BCUT2D eigenvalue weighted by Gasteiger charge is 2.31. The summed E-state index contributed by atoms with van der Waals surface area (Å²) in [6, 6.07) is 36.0. The van der Waals surface area contributed by atoms with Crippen molar-refractivity contribution in [3.8, 4) is 34.5 Å². The first kappa shape index (κ1) is 48.2. The average Bonchev–Trinajstić information content (AvgIpc) is 4.20.